The van der Waals surface area contributed by atoms with Gasteiger partial charge in [-0.3, -0.25) is 4.79 Å². The molecule has 0 aromatic heterocycles. The van der Waals surface area contributed by atoms with Crippen LogP contribution in [0.2, 0.25) is 0 Å². The van der Waals surface area contributed by atoms with Gasteiger partial charge in [0, 0.05) is 17.1 Å². The SMILES string of the molecule is C=C(C)C(=O)OCCSCC(C)C(=O)OCCCC. The van der Waals surface area contributed by atoms with Gasteiger partial charge in [0.2, 0.25) is 0 Å². The summed E-state index contributed by atoms with van der Waals surface area (Å²) in [4.78, 5) is 22.6. The van der Waals surface area contributed by atoms with Gasteiger partial charge in [-0.2, -0.15) is 11.8 Å². The van der Waals surface area contributed by atoms with Crippen molar-refractivity contribution in [3.05, 3.63) is 12.2 Å². The van der Waals surface area contributed by atoms with Gasteiger partial charge in [-0.15, -0.1) is 0 Å². The molecule has 0 aliphatic rings. The lowest BCUT2D eigenvalue weighted by Gasteiger charge is -2.11. The van der Waals surface area contributed by atoms with Crippen molar-refractivity contribution in [2.24, 2.45) is 5.92 Å². The van der Waals surface area contributed by atoms with Gasteiger partial charge < -0.3 is 9.47 Å². The number of carbonyl (C=O) groups is 2. The Hall–Kier alpha value is -0.970. The van der Waals surface area contributed by atoms with Crippen LogP contribution in [0, 0.1) is 5.92 Å². The van der Waals surface area contributed by atoms with Crippen LogP contribution in [0.25, 0.3) is 0 Å². The van der Waals surface area contributed by atoms with E-state index in [-0.39, 0.29) is 17.9 Å². The number of hydrogen-bond donors (Lipinski definition) is 0. The van der Waals surface area contributed by atoms with E-state index in [2.05, 4.69) is 13.5 Å². The fourth-order valence-electron chi connectivity index (χ4n) is 1.10. The number of rotatable bonds is 10. The summed E-state index contributed by atoms with van der Waals surface area (Å²) in [5.74, 6) is 0.701. The lowest BCUT2D eigenvalue weighted by Crippen LogP contribution is -2.18. The summed E-state index contributed by atoms with van der Waals surface area (Å²) in [6.45, 7) is 9.86. The number of carbonyl (C=O) groups excluding carboxylic acids is 2. The van der Waals surface area contributed by atoms with Crippen molar-refractivity contribution in [3.8, 4) is 0 Å². The van der Waals surface area contributed by atoms with Crippen LogP contribution >= 0.6 is 11.8 Å². The van der Waals surface area contributed by atoms with E-state index in [1.165, 1.54) is 0 Å². The van der Waals surface area contributed by atoms with Crippen molar-refractivity contribution < 1.29 is 19.1 Å². The third-order valence-corrected chi connectivity index (χ3v) is 3.51. The first kappa shape index (κ1) is 18.0. The third kappa shape index (κ3) is 9.59. The first-order valence-electron chi connectivity index (χ1n) is 6.56. The summed E-state index contributed by atoms with van der Waals surface area (Å²) in [6, 6.07) is 0. The Kier molecular flexibility index (Phi) is 10.4. The summed E-state index contributed by atoms with van der Waals surface area (Å²) in [6.07, 6.45) is 1.92. The summed E-state index contributed by atoms with van der Waals surface area (Å²) in [5, 5.41) is 0. The van der Waals surface area contributed by atoms with Gasteiger partial charge in [0.05, 0.1) is 12.5 Å². The molecule has 1 atom stereocenters. The second-order valence-corrected chi connectivity index (χ2v) is 5.56. The summed E-state index contributed by atoms with van der Waals surface area (Å²) in [5.41, 5.74) is 0.401. The second-order valence-electron chi connectivity index (χ2n) is 4.41. The normalized spacial score (nSPS) is 11.7. The number of hydrogen-bond acceptors (Lipinski definition) is 5. The number of unbranched alkanes of at least 4 members (excludes halogenated alkanes) is 1. The summed E-state index contributed by atoms with van der Waals surface area (Å²) in [7, 11) is 0. The van der Waals surface area contributed by atoms with E-state index in [9.17, 15) is 9.59 Å². The monoisotopic (exact) mass is 288 g/mol. The largest absolute Gasteiger partial charge is 0.465 e. The average Bonchev–Trinajstić information content (AvgIpc) is 2.37. The van der Waals surface area contributed by atoms with Crippen LogP contribution in [-0.4, -0.2) is 36.7 Å². The van der Waals surface area contributed by atoms with E-state index in [0.717, 1.165) is 12.8 Å². The summed E-state index contributed by atoms with van der Waals surface area (Å²) < 4.78 is 10.1. The zero-order valence-electron chi connectivity index (χ0n) is 12.1. The zero-order valence-corrected chi connectivity index (χ0v) is 12.9. The fourth-order valence-corrected chi connectivity index (χ4v) is 1.96. The number of ether oxygens (including phenoxy) is 2. The number of thioether (sulfide) groups is 1. The molecule has 0 saturated carbocycles. The molecule has 5 heteroatoms. The second kappa shape index (κ2) is 10.9. The molecule has 0 heterocycles. The minimum atomic E-state index is -0.368. The smallest absolute Gasteiger partial charge is 0.333 e. The minimum Gasteiger partial charge on any atom is -0.465 e. The Balaban J connectivity index is 3.57. The van der Waals surface area contributed by atoms with E-state index < -0.39 is 0 Å². The molecule has 0 fully saturated rings. The molecule has 0 saturated heterocycles. The van der Waals surface area contributed by atoms with Crippen LogP contribution in [0.5, 0.6) is 0 Å². The molecule has 0 aromatic carbocycles. The molecule has 0 bridgehead atoms. The van der Waals surface area contributed by atoms with Crippen molar-refractivity contribution >= 4 is 23.7 Å². The zero-order chi connectivity index (χ0) is 14.7. The Morgan fingerprint density at radius 2 is 1.95 bits per heavy atom. The molecular weight excluding hydrogens is 264 g/mol. The molecule has 110 valence electrons. The maximum absolute atomic E-state index is 11.5. The van der Waals surface area contributed by atoms with Gasteiger partial charge in [-0.1, -0.05) is 26.8 Å². The lowest BCUT2D eigenvalue weighted by atomic mass is 10.2. The van der Waals surface area contributed by atoms with Crippen molar-refractivity contribution in [1.29, 1.82) is 0 Å². The van der Waals surface area contributed by atoms with E-state index in [0.29, 0.717) is 30.3 Å². The van der Waals surface area contributed by atoms with E-state index in [1.807, 2.05) is 6.92 Å². The first-order chi connectivity index (χ1) is 8.99. The van der Waals surface area contributed by atoms with Crippen LogP contribution in [0.3, 0.4) is 0 Å². The van der Waals surface area contributed by atoms with Crippen molar-refractivity contribution in [2.45, 2.75) is 33.6 Å². The average molecular weight is 288 g/mol. The van der Waals surface area contributed by atoms with Gasteiger partial charge in [0.25, 0.3) is 0 Å². The molecule has 0 aromatic rings. The van der Waals surface area contributed by atoms with Crippen LogP contribution in [0.15, 0.2) is 12.2 Å². The molecule has 0 aliphatic carbocycles. The highest BCUT2D eigenvalue weighted by atomic mass is 32.2. The van der Waals surface area contributed by atoms with Crippen LogP contribution in [0.4, 0.5) is 0 Å². The fraction of sp³-hybridized carbons (Fsp3) is 0.714. The van der Waals surface area contributed by atoms with Gasteiger partial charge in [-0.05, 0) is 13.3 Å². The third-order valence-electron chi connectivity index (χ3n) is 2.32. The molecule has 0 N–H and O–H groups in total. The van der Waals surface area contributed by atoms with Crippen molar-refractivity contribution in [1.82, 2.24) is 0 Å². The van der Waals surface area contributed by atoms with Crippen LogP contribution in [-0.2, 0) is 19.1 Å². The molecule has 4 nitrogen and oxygen atoms in total. The van der Waals surface area contributed by atoms with Crippen molar-refractivity contribution in [2.75, 3.05) is 24.7 Å². The number of esters is 2. The summed E-state index contributed by atoms with van der Waals surface area (Å²) >= 11 is 1.57. The Morgan fingerprint density at radius 3 is 2.53 bits per heavy atom. The van der Waals surface area contributed by atoms with Gasteiger partial charge in [0.1, 0.15) is 6.61 Å². The van der Waals surface area contributed by atoms with E-state index >= 15 is 0 Å². The Labute approximate surface area is 119 Å². The molecule has 0 spiro atoms. The quantitative estimate of drug-likeness (QED) is 0.351. The molecule has 0 aliphatic heterocycles. The predicted octanol–water partition coefficient (Wildman–Crippen LogP) is 2.82. The Bertz CT molecular complexity index is 302. The van der Waals surface area contributed by atoms with Crippen LogP contribution in [0.1, 0.15) is 33.6 Å². The maximum atomic E-state index is 11.5. The van der Waals surface area contributed by atoms with E-state index in [1.54, 1.807) is 18.7 Å². The molecule has 0 amide bonds. The predicted molar refractivity (Wildman–Crippen MR) is 78.1 cm³/mol. The molecular formula is C14H24O4S. The van der Waals surface area contributed by atoms with Crippen molar-refractivity contribution in [3.63, 3.8) is 0 Å². The molecule has 0 radical (unpaired) electrons. The van der Waals surface area contributed by atoms with Crippen LogP contribution < -0.4 is 0 Å². The highest BCUT2D eigenvalue weighted by Crippen LogP contribution is 2.10. The van der Waals surface area contributed by atoms with E-state index in [4.69, 9.17) is 9.47 Å². The maximum Gasteiger partial charge on any atom is 0.333 e. The minimum absolute atomic E-state index is 0.126. The molecule has 1 unspecified atom stereocenters. The Morgan fingerprint density at radius 1 is 1.26 bits per heavy atom. The molecule has 0 rings (SSSR count). The highest BCUT2D eigenvalue weighted by molar-refractivity contribution is 7.99. The van der Waals surface area contributed by atoms with Gasteiger partial charge in [0.15, 0.2) is 0 Å². The highest BCUT2D eigenvalue weighted by Gasteiger charge is 2.14. The van der Waals surface area contributed by atoms with Gasteiger partial charge in [-0.25, -0.2) is 4.79 Å². The van der Waals surface area contributed by atoms with Gasteiger partial charge >= 0.3 is 11.9 Å². The standard InChI is InChI=1S/C14H24O4S/c1-5-6-7-17-14(16)12(4)10-19-9-8-18-13(15)11(2)3/h12H,2,5-10H2,1,3-4H3. The topological polar surface area (TPSA) is 52.6 Å². The molecule has 19 heavy (non-hydrogen) atoms. The lowest BCUT2D eigenvalue weighted by molar-refractivity contribution is -0.147. The first-order valence-corrected chi connectivity index (χ1v) is 7.71.